The zero-order chi connectivity index (χ0) is 22.7. The molecule has 1 saturated carbocycles. The van der Waals surface area contributed by atoms with Gasteiger partial charge in [-0.25, -0.2) is 9.18 Å². The summed E-state index contributed by atoms with van der Waals surface area (Å²) in [5, 5.41) is 10.5. The van der Waals surface area contributed by atoms with E-state index in [-0.39, 0.29) is 29.1 Å². The molecule has 0 aromatic heterocycles. The minimum atomic E-state index is -0.779. The van der Waals surface area contributed by atoms with E-state index in [0.29, 0.717) is 5.92 Å². The summed E-state index contributed by atoms with van der Waals surface area (Å²) in [6.45, 7) is 3.06. The Bertz CT molecular complexity index is 1090. The third-order valence-electron chi connectivity index (χ3n) is 8.77. The molecule has 0 radical (unpaired) electrons. The summed E-state index contributed by atoms with van der Waals surface area (Å²) >= 11 is 0. The maximum absolute atomic E-state index is 14.3. The Balaban J connectivity index is 1.39. The fourth-order valence-electron chi connectivity index (χ4n) is 6.79. The summed E-state index contributed by atoms with van der Waals surface area (Å²) in [7, 11) is 1.47. The normalized spacial score (nSPS) is 28.9. The topological polar surface area (TPSA) is 53.0 Å². The SMILES string of the molecule is COc1ccc(-c2ccc3c(c2)CCC2(CC2)[C@@H]3N(C(=O)O)C2CN3CCC2CC3)cc1F. The molecule has 2 atom stereocenters. The summed E-state index contributed by atoms with van der Waals surface area (Å²) in [5.41, 5.74) is 4.23. The van der Waals surface area contributed by atoms with Crippen molar-refractivity contribution in [1.29, 1.82) is 0 Å². The molecular weight excluding hydrogens is 419 g/mol. The van der Waals surface area contributed by atoms with E-state index in [1.807, 2.05) is 17.0 Å². The number of ether oxygens (including phenoxy) is 1. The number of hydrogen-bond acceptors (Lipinski definition) is 3. The molecule has 1 unspecified atom stereocenters. The van der Waals surface area contributed by atoms with Gasteiger partial charge in [0.1, 0.15) is 0 Å². The predicted molar refractivity (Wildman–Crippen MR) is 124 cm³/mol. The molecule has 5 aliphatic rings. The zero-order valence-electron chi connectivity index (χ0n) is 19.1. The van der Waals surface area contributed by atoms with Crippen molar-refractivity contribution in [2.75, 3.05) is 26.7 Å². The largest absolute Gasteiger partial charge is 0.494 e. The Hall–Kier alpha value is -2.60. The first-order valence-corrected chi connectivity index (χ1v) is 12.2. The number of methoxy groups -OCH3 is 1. The van der Waals surface area contributed by atoms with Crippen LogP contribution in [0.2, 0.25) is 0 Å². The van der Waals surface area contributed by atoms with Crippen LogP contribution in [-0.4, -0.2) is 53.8 Å². The highest BCUT2D eigenvalue weighted by Gasteiger charge is 2.57. The van der Waals surface area contributed by atoms with Crippen LogP contribution in [0.1, 0.15) is 49.3 Å². The minimum Gasteiger partial charge on any atom is -0.494 e. The smallest absolute Gasteiger partial charge is 0.408 e. The first-order valence-electron chi connectivity index (χ1n) is 12.2. The van der Waals surface area contributed by atoms with Gasteiger partial charge in [-0.05, 0) is 97.3 Å². The van der Waals surface area contributed by atoms with Gasteiger partial charge >= 0.3 is 6.09 Å². The number of aryl methyl sites for hydroxylation is 1. The van der Waals surface area contributed by atoms with Crippen LogP contribution in [0.15, 0.2) is 36.4 Å². The van der Waals surface area contributed by atoms with Gasteiger partial charge in [0.25, 0.3) is 0 Å². The first-order chi connectivity index (χ1) is 16.0. The molecule has 5 nitrogen and oxygen atoms in total. The molecule has 3 aliphatic heterocycles. The van der Waals surface area contributed by atoms with Crippen molar-refractivity contribution in [3.63, 3.8) is 0 Å². The lowest BCUT2D eigenvalue weighted by molar-refractivity contribution is -0.0243. The molecule has 1 N–H and O–H groups in total. The van der Waals surface area contributed by atoms with Crippen molar-refractivity contribution in [3.8, 4) is 16.9 Å². The lowest BCUT2D eigenvalue weighted by atomic mass is 9.73. The first kappa shape index (κ1) is 21.0. The number of rotatable bonds is 4. The van der Waals surface area contributed by atoms with Crippen molar-refractivity contribution >= 4 is 6.09 Å². The fraction of sp³-hybridized carbons (Fsp3) is 0.519. The van der Waals surface area contributed by atoms with E-state index in [2.05, 4.69) is 17.0 Å². The van der Waals surface area contributed by atoms with Crippen molar-refractivity contribution < 1.29 is 19.0 Å². The minimum absolute atomic E-state index is 0.0776. The Morgan fingerprint density at radius 3 is 2.45 bits per heavy atom. The molecule has 7 rings (SSSR count). The highest BCUT2D eigenvalue weighted by atomic mass is 19.1. The van der Waals surface area contributed by atoms with E-state index in [0.717, 1.165) is 74.8 Å². The molecule has 3 heterocycles. The molecule has 33 heavy (non-hydrogen) atoms. The Morgan fingerprint density at radius 1 is 1.12 bits per heavy atom. The van der Waals surface area contributed by atoms with E-state index < -0.39 is 6.09 Å². The molecule has 1 amide bonds. The number of benzene rings is 2. The van der Waals surface area contributed by atoms with Gasteiger partial charge in [0.2, 0.25) is 0 Å². The summed E-state index contributed by atoms with van der Waals surface area (Å²) in [6.07, 6.45) is 5.61. The second-order valence-corrected chi connectivity index (χ2v) is 10.4. The zero-order valence-corrected chi connectivity index (χ0v) is 19.1. The average Bonchev–Trinajstić information content (AvgIpc) is 3.61. The monoisotopic (exact) mass is 450 g/mol. The summed E-state index contributed by atoms with van der Waals surface area (Å²) in [6, 6.07) is 11.4. The third-order valence-corrected chi connectivity index (χ3v) is 8.77. The van der Waals surface area contributed by atoms with Gasteiger partial charge in [0.15, 0.2) is 11.6 Å². The van der Waals surface area contributed by atoms with Crippen LogP contribution in [0, 0.1) is 17.2 Å². The summed E-state index contributed by atoms with van der Waals surface area (Å²) in [4.78, 5) is 17.0. The average molecular weight is 451 g/mol. The van der Waals surface area contributed by atoms with Crippen LogP contribution in [0.3, 0.4) is 0 Å². The highest BCUT2D eigenvalue weighted by molar-refractivity contribution is 5.69. The van der Waals surface area contributed by atoms with E-state index in [9.17, 15) is 14.3 Å². The molecule has 1 spiro atoms. The number of amides is 1. The van der Waals surface area contributed by atoms with Crippen molar-refractivity contribution in [3.05, 3.63) is 53.3 Å². The molecule has 4 fully saturated rings. The molecule has 2 aromatic rings. The van der Waals surface area contributed by atoms with Crippen molar-refractivity contribution in [2.24, 2.45) is 11.3 Å². The van der Waals surface area contributed by atoms with Gasteiger partial charge < -0.3 is 14.7 Å². The molecule has 2 aliphatic carbocycles. The predicted octanol–water partition coefficient (Wildman–Crippen LogP) is 5.34. The fourth-order valence-corrected chi connectivity index (χ4v) is 6.79. The van der Waals surface area contributed by atoms with Crippen LogP contribution in [0.4, 0.5) is 9.18 Å². The third kappa shape index (κ3) is 3.41. The number of piperidine rings is 3. The van der Waals surface area contributed by atoms with Gasteiger partial charge in [-0.15, -0.1) is 0 Å². The van der Waals surface area contributed by atoms with Crippen LogP contribution < -0.4 is 4.74 Å². The van der Waals surface area contributed by atoms with Gasteiger partial charge in [0.05, 0.1) is 19.2 Å². The van der Waals surface area contributed by atoms with Crippen LogP contribution >= 0.6 is 0 Å². The molecule has 2 aromatic carbocycles. The van der Waals surface area contributed by atoms with E-state index in [1.54, 1.807) is 6.07 Å². The number of halogens is 1. The Kier molecular flexibility index (Phi) is 4.91. The van der Waals surface area contributed by atoms with E-state index in [1.165, 1.54) is 18.7 Å². The summed E-state index contributed by atoms with van der Waals surface area (Å²) < 4.78 is 19.4. The van der Waals surface area contributed by atoms with Crippen molar-refractivity contribution in [2.45, 2.75) is 50.6 Å². The second kappa shape index (κ2) is 7.73. The Labute approximate surface area is 194 Å². The standard InChI is InChI=1S/C27H31FN2O3/c1-33-24-5-3-19(15-22(24)28)18-2-4-21-20(14-18)6-9-27(10-11-27)25(21)30(26(31)32)23-16-29-12-7-17(23)8-13-29/h2-5,14-15,17,23,25H,6-13,16H2,1H3,(H,31,32)/t23?,25-/m1/s1. The van der Waals surface area contributed by atoms with Gasteiger partial charge in [0, 0.05) is 6.54 Å². The molecule has 6 heteroatoms. The lowest BCUT2D eigenvalue weighted by Crippen LogP contribution is -2.60. The number of fused-ring (bicyclic) bond motifs is 4. The molecule has 2 bridgehead atoms. The lowest BCUT2D eigenvalue weighted by Gasteiger charge is -2.52. The van der Waals surface area contributed by atoms with Crippen molar-refractivity contribution in [1.82, 2.24) is 9.80 Å². The van der Waals surface area contributed by atoms with E-state index >= 15 is 0 Å². The molecule has 3 saturated heterocycles. The van der Waals surface area contributed by atoms with Gasteiger partial charge in [-0.1, -0.05) is 24.3 Å². The quantitative estimate of drug-likeness (QED) is 0.683. The maximum Gasteiger partial charge on any atom is 0.408 e. The highest BCUT2D eigenvalue weighted by Crippen LogP contribution is 2.63. The van der Waals surface area contributed by atoms with Crippen LogP contribution in [-0.2, 0) is 6.42 Å². The number of nitrogens with zero attached hydrogens (tertiary/aromatic N) is 2. The summed E-state index contributed by atoms with van der Waals surface area (Å²) in [5.74, 6) is 0.331. The van der Waals surface area contributed by atoms with Gasteiger partial charge in [-0.3, -0.25) is 4.90 Å². The van der Waals surface area contributed by atoms with Crippen LogP contribution in [0.25, 0.3) is 11.1 Å². The maximum atomic E-state index is 14.3. The van der Waals surface area contributed by atoms with Gasteiger partial charge in [-0.2, -0.15) is 0 Å². The second-order valence-electron chi connectivity index (χ2n) is 10.4. The molecular formula is C27H31FN2O3. The van der Waals surface area contributed by atoms with Crippen LogP contribution in [0.5, 0.6) is 5.75 Å². The molecule has 174 valence electrons. The Morgan fingerprint density at radius 2 is 1.85 bits per heavy atom. The van der Waals surface area contributed by atoms with E-state index in [4.69, 9.17) is 4.74 Å². The number of carbonyl (C=O) groups is 1. The number of hydrogen-bond donors (Lipinski definition) is 1. The number of carboxylic acid groups (broad SMARTS) is 1.